The third kappa shape index (κ3) is 5.25. The van der Waals surface area contributed by atoms with E-state index in [4.69, 9.17) is 4.52 Å². The van der Waals surface area contributed by atoms with Crippen molar-refractivity contribution in [3.05, 3.63) is 66.5 Å². The summed E-state index contributed by atoms with van der Waals surface area (Å²) < 4.78 is 5.54. The molecular weight excluding hydrogens is 414 g/mol. The van der Waals surface area contributed by atoms with Crippen molar-refractivity contribution in [3.63, 3.8) is 0 Å². The molecule has 0 saturated carbocycles. The van der Waals surface area contributed by atoms with Crippen molar-refractivity contribution in [2.75, 3.05) is 44.2 Å². The molecule has 33 heavy (non-hydrogen) atoms. The van der Waals surface area contributed by atoms with Gasteiger partial charge < -0.3 is 19.6 Å². The largest absolute Gasteiger partial charge is 0.368 e. The number of pyridine rings is 1. The Morgan fingerprint density at radius 2 is 1.85 bits per heavy atom. The van der Waals surface area contributed by atoms with Crippen LogP contribution in [0.25, 0.3) is 11.5 Å². The van der Waals surface area contributed by atoms with Crippen LogP contribution in [0.2, 0.25) is 0 Å². The molecule has 2 unspecified atom stereocenters. The van der Waals surface area contributed by atoms with Crippen LogP contribution in [0.15, 0.2) is 65.3 Å². The fraction of sp³-hybridized carbons (Fsp3) is 0.423. The van der Waals surface area contributed by atoms with Gasteiger partial charge in [0.05, 0.1) is 5.69 Å². The number of amides is 1. The monoisotopic (exact) mass is 445 g/mol. The molecule has 7 nitrogen and oxygen atoms in total. The molecule has 0 bridgehead atoms. The summed E-state index contributed by atoms with van der Waals surface area (Å²) in [6.45, 7) is 5.24. The van der Waals surface area contributed by atoms with Crippen molar-refractivity contribution in [1.82, 2.24) is 20.4 Å². The molecule has 0 spiro atoms. The number of nitrogens with zero attached hydrogens (tertiary/aromatic N) is 4. The van der Waals surface area contributed by atoms with Gasteiger partial charge in [-0.3, -0.25) is 9.78 Å². The van der Waals surface area contributed by atoms with E-state index in [1.54, 1.807) is 6.20 Å². The maximum absolute atomic E-state index is 13.1. The second kappa shape index (κ2) is 10.2. The highest BCUT2D eigenvalue weighted by Crippen LogP contribution is 2.28. The van der Waals surface area contributed by atoms with E-state index in [9.17, 15) is 4.79 Å². The fourth-order valence-corrected chi connectivity index (χ4v) is 5.00. The van der Waals surface area contributed by atoms with Crippen molar-refractivity contribution in [3.8, 4) is 11.5 Å². The van der Waals surface area contributed by atoms with Crippen LogP contribution in [0.3, 0.4) is 0 Å². The summed E-state index contributed by atoms with van der Waals surface area (Å²) >= 11 is 0. The lowest BCUT2D eigenvalue weighted by Crippen LogP contribution is -2.50. The van der Waals surface area contributed by atoms with Crippen LogP contribution in [0.1, 0.15) is 18.5 Å². The number of hydrogen-bond acceptors (Lipinski definition) is 6. The maximum atomic E-state index is 13.1. The van der Waals surface area contributed by atoms with Crippen LogP contribution >= 0.6 is 0 Å². The second-order valence-electron chi connectivity index (χ2n) is 9.02. The van der Waals surface area contributed by atoms with Crippen molar-refractivity contribution in [2.24, 2.45) is 11.8 Å². The summed E-state index contributed by atoms with van der Waals surface area (Å²) in [4.78, 5) is 21.9. The number of para-hydroxylation sites is 1. The van der Waals surface area contributed by atoms with Crippen LogP contribution in [0.4, 0.5) is 5.69 Å². The normalized spacial score (nSPS) is 21.2. The van der Waals surface area contributed by atoms with Crippen molar-refractivity contribution in [2.45, 2.75) is 19.3 Å². The Kier molecular flexibility index (Phi) is 6.67. The molecule has 1 aromatic carbocycles. The van der Waals surface area contributed by atoms with Gasteiger partial charge in [-0.1, -0.05) is 29.4 Å². The lowest BCUT2D eigenvalue weighted by atomic mass is 9.81. The summed E-state index contributed by atoms with van der Waals surface area (Å²) in [6.07, 6.45) is 4.20. The molecule has 0 radical (unpaired) electrons. The lowest BCUT2D eigenvalue weighted by molar-refractivity contribution is -0.133. The Labute approximate surface area is 194 Å². The van der Waals surface area contributed by atoms with Gasteiger partial charge in [-0.05, 0) is 62.0 Å². The predicted molar refractivity (Wildman–Crippen MR) is 128 cm³/mol. The predicted octanol–water partition coefficient (Wildman–Crippen LogP) is 3.24. The Balaban J connectivity index is 1.17. The van der Waals surface area contributed by atoms with E-state index in [-0.39, 0.29) is 5.91 Å². The molecule has 172 valence electrons. The first-order valence-electron chi connectivity index (χ1n) is 11.9. The van der Waals surface area contributed by atoms with Gasteiger partial charge >= 0.3 is 0 Å². The molecule has 1 amide bonds. The third-order valence-corrected chi connectivity index (χ3v) is 6.90. The van der Waals surface area contributed by atoms with Gasteiger partial charge in [0.15, 0.2) is 5.76 Å². The highest BCUT2D eigenvalue weighted by Gasteiger charge is 2.30. The molecule has 2 fully saturated rings. The first-order valence-corrected chi connectivity index (χ1v) is 11.9. The maximum Gasteiger partial charge on any atom is 0.222 e. The molecule has 2 saturated heterocycles. The molecule has 2 atom stereocenters. The van der Waals surface area contributed by atoms with Gasteiger partial charge in [-0.2, -0.15) is 0 Å². The quantitative estimate of drug-likeness (QED) is 0.628. The van der Waals surface area contributed by atoms with E-state index in [1.165, 1.54) is 5.69 Å². The fourth-order valence-electron chi connectivity index (χ4n) is 5.00. The molecule has 5 rings (SSSR count). The molecule has 2 aliphatic heterocycles. The number of piperidine rings is 1. The molecule has 0 aliphatic carbocycles. The Bertz CT molecular complexity index is 1030. The first kappa shape index (κ1) is 21.6. The minimum absolute atomic E-state index is 0.286. The average molecular weight is 446 g/mol. The van der Waals surface area contributed by atoms with Crippen molar-refractivity contribution >= 4 is 11.6 Å². The zero-order valence-electron chi connectivity index (χ0n) is 18.9. The van der Waals surface area contributed by atoms with Crippen LogP contribution in [0, 0.1) is 11.8 Å². The number of nitrogens with one attached hydrogen (secondary N) is 1. The minimum atomic E-state index is 0.286. The summed E-state index contributed by atoms with van der Waals surface area (Å²) in [6, 6.07) is 18.2. The van der Waals surface area contributed by atoms with E-state index >= 15 is 0 Å². The number of aromatic nitrogens is 2. The van der Waals surface area contributed by atoms with E-state index in [0.717, 1.165) is 63.5 Å². The van der Waals surface area contributed by atoms with Crippen LogP contribution in [-0.2, 0) is 11.2 Å². The molecule has 7 heteroatoms. The second-order valence-corrected chi connectivity index (χ2v) is 9.02. The standard InChI is InChI=1S/C26H31N5O2/c32-26(31-14-12-30(13-15-31)23-6-2-1-3-7-23)17-20-9-11-27-19-21(20)16-22-18-25(33-29-22)24-8-4-5-10-28-24/h1-8,10,18,20-21,27H,9,11-17,19H2. The molecular formula is C26H31N5O2. The lowest BCUT2D eigenvalue weighted by Gasteiger charge is -2.38. The van der Waals surface area contributed by atoms with Gasteiger partial charge in [0.25, 0.3) is 0 Å². The number of rotatable bonds is 6. The number of carbonyl (C=O) groups excluding carboxylic acids is 1. The van der Waals surface area contributed by atoms with Crippen LogP contribution < -0.4 is 10.2 Å². The summed E-state index contributed by atoms with van der Waals surface area (Å²) in [7, 11) is 0. The molecule has 2 aromatic heterocycles. The number of benzene rings is 1. The smallest absolute Gasteiger partial charge is 0.222 e. The first-order chi connectivity index (χ1) is 16.3. The minimum Gasteiger partial charge on any atom is -0.368 e. The van der Waals surface area contributed by atoms with E-state index in [0.29, 0.717) is 24.0 Å². The summed E-state index contributed by atoms with van der Waals surface area (Å²) in [5.74, 6) is 1.71. The van der Waals surface area contributed by atoms with Crippen molar-refractivity contribution < 1.29 is 9.32 Å². The number of piperazine rings is 1. The molecule has 1 N–H and O–H groups in total. The number of carbonyl (C=O) groups is 1. The van der Waals surface area contributed by atoms with Gasteiger partial charge in [0.2, 0.25) is 5.91 Å². The van der Waals surface area contributed by atoms with Crippen molar-refractivity contribution in [1.29, 1.82) is 0 Å². The number of hydrogen-bond donors (Lipinski definition) is 1. The molecule has 3 aromatic rings. The van der Waals surface area contributed by atoms with E-state index in [2.05, 4.69) is 44.6 Å². The van der Waals surface area contributed by atoms with E-state index < -0.39 is 0 Å². The van der Waals surface area contributed by atoms with E-state index in [1.807, 2.05) is 35.2 Å². The topological polar surface area (TPSA) is 74.5 Å². The zero-order valence-corrected chi connectivity index (χ0v) is 18.9. The average Bonchev–Trinajstić information content (AvgIpc) is 3.35. The molecule has 2 aliphatic rings. The SMILES string of the molecule is O=C(CC1CCNCC1Cc1cc(-c2ccccn2)on1)N1CCN(c2ccccc2)CC1. The highest BCUT2D eigenvalue weighted by atomic mass is 16.5. The Morgan fingerprint density at radius 1 is 1.03 bits per heavy atom. The van der Waals surface area contributed by atoms with Crippen LogP contribution in [0.5, 0.6) is 0 Å². The molecule has 4 heterocycles. The summed E-state index contributed by atoms with van der Waals surface area (Å²) in [5.41, 5.74) is 2.96. The van der Waals surface area contributed by atoms with Gasteiger partial charge in [0.1, 0.15) is 5.69 Å². The van der Waals surface area contributed by atoms with Crippen LogP contribution in [-0.4, -0.2) is 60.2 Å². The Morgan fingerprint density at radius 3 is 2.64 bits per heavy atom. The summed E-state index contributed by atoms with van der Waals surface area (Å²) in [5, 5.41) is 7.78. The third-order valence-electron chi connectivity index (χ3n) is 6.90. The van der Waals surface area contributed by atoms with Gasteiger partial charge in [-0.25, -0.2) is 0 Å². The highest BCUT2D eigenvalue weighted by molar-refractivity contribution is 5.77. The van der Waals surface area contributed by atoms with Gasteiger partial charge in [-0.15, -0.1) is 0 Å². The Hall–Kier alpha value is -3.19. The zero-order chi connectivity index (χ0) is 22.5. The van der Waals surface area contributed by atoms with Gasteiger partial charge in [0, 0.05) is 50.6 Å². The number of anilines is 1.